The van der Waals surface area contributed by atoms with Gasteiger partial charge in [-0.1, -0.05) is 19.9 Å². The van der Waals surface area contributed by atoms with E-state index in [-0.39, 0.29) is 6.04 Å². The van der Waals surface area contributed by atoms with Crippen molar-refractivity contribution >= 4 is 10.0 Å². The van der Waals surface area contributed by atoms with E-state index in [1.807, 2.05) is 19.1 Å². The third-order valence-corrected chi connectivity index (χ3v) is 6.91. The zero-order valence-electron chi connectivity index (χ0n) is 13.0. The molecule has 4 nitrogen and oxygen atoms in total. The summed E-state index contributed by atoms with van der Waals surface area (Å²) in [5.41, 5.74) is 2.32. The van der Waals surface area contributed by atoms with E-state index in [1.54, 1.807) is 10.4 Å². The molecule has 0 spiro atoms. The maximum Gasteiger partial charge on any atom is 0.243 e. The second kappa shape index (κ2) is 5.38. The second-order valence-corrected chi connectivity index (χ2v) is 8.56. The topological polar surface area (TPSA) is 49.4 Å². The minimum atomic E-state index is -3.39. The van der Waals surface area contributed by atoms with Gasteiger partial charge in [0.1, 0.15) is 0 Å². The minimum Gasteiger partial charge on any atom is -0.309 e. The van der Waals surface area contributed by atoms with E-state index in [0.717, 1.165) is 25.1 Å². The van der Waals surface area contributed by atoms with Crippen molar-refractivity contribution in [3.05, 3.63) is 29.3 Å². The zero-order chi connectivity index (χ0) is 15.2. The van der Waals surface area contributed by atoms with Crippen LogP contribution in [0.25, 0.3) is 0 Å². The van der Waals surface area contributed by atoms with Crippen molar-refractivity contribution in [2.24, 2.45) is 11.8 Å². The molecule has 1 saturated heterocycles. The predicted molar refractivity (Wildman–Crippen MR) is 83.3 cm³/mol. The van der Waals surface area contributed by atoms with Gasteiger partial charge in [0.05, 0.1) is 4.90 Å². The standard InChI is InChI=1S/C16H24N2O2S/c1-11-6-12(2)13(3)18(10-11)21(19,20)16-5-4-14-8-17-9-15(14)7-16/h4-5,7,11-13,17H,6,8-10H2,1-3H3. The van der Waals surface area contributed by atoms with Crippen molar-refractivity contribution < 1.29 is 8.42 Å². The largest absolute Gasteiger partial charge is 0.309 e. The Hall–Kier alpha value is -0.910. The van der Waals surface area contributed by atoms with E-state index < -0.39 is 10.0 Å². The van der Waals surface area contributed by atoms with Gasteiger partial charge in [0.2, 0.25) is 10.0 Å². The molecule has 116 valence electrons. The van der Waals surface area contributed by atoms with Crippen LogP contribution in [0, 0.1) is 11.8 Å². The van der Waals surface area contributed by atoms with Gasteiger partial charge in [-0.05, 0) is 48.4 Å². The first-order valence-corrected chi connectivity index (χ1v) is 9.18. The van der Waals surface area contributed by atoms with Crippen LogP contribution in [0.5, 0.6) is 0 Å². The van der Waals surface area contributed by atoms with Crippen LogP contribution in [0.3, 0.4) is 0 Å². The first kappa shape index (κ1) is 15.0. The Balaban J connectivity index is 1.96. The molecule has 0 saturated carbocycles. The Bertz CT molecular complexity index is 642. The summed E-state index contributed by atoms with van der Waals surface area (Å²) in [6, 6.07) is 5.63. The Kier molecular flexibility index (Phi) is 3.84. The second-order valence-electron chi connectivity index (χ2n) is 6.67. The molecule has 1 aromatic rings. The molecule has 2 aliphatic heterocycles. The van der Waals surface area contributed by atoms with Crippen molar-refractivity contribution in [3.8, 4) is 0 Å². The van der Waals surface area contributed by atoms with Crippen molar-refractivity contribution in [1.82, 2.24) is 9.62 Å². The highest BCUT2D eigenvalue weighted by Gasteiger charge is 2.37. The van der Waals surface area contributed by atoms with Gasteiger partial charge >= 0.3 is 0 Å². The number of rotatable bonds is 2. The molecule has 3 atom stereocenters. The lowest BCUT2D eigenvalue weighted by atomic mass is 9.88. The summed E-state index contributed by atoms with van der Waals surface area (Å²) < 4.78 is 27.7. The summed E-state index contributed by atoms with van der Waals surface area (Å²) in [4.78, 5) is 0.443. The highest BCUT2D eigenvalue weighted by atomic mass is 32.2. The number of piperidine rings is 1. The number of hydrogen-bond acceptors (Lipinski definition) is 3. The molecule has 21 heavy (non-hydrogen) atoms. The normalized spacial score (nSPS) is 30.3. The lowest BCUT2D eigenvalue weighted by Gasteiger charge is -2.40. The van der Waals surface area contributed by atoms with E-state index in [2.05, 4.69) is 19.2 Å². The Morgan fingerprint density at radius 2 is 1.86 bits per heavy atom. The lowest BCUT2D eigenvalue weighted by Crippen LogP contribution is -2.48. The van der Waals surface area contributed by atoms with Crippen molar-refractivity contribution in [2.75, 3.05) is 6.54 Å². The summed E-state index contributed by atoms with van der Waals surface area (Å²) in [5.74, 6) is 0.821. The fraction of sp³-hybridized carbons (Fsp3) is 0.625. The molecule has 1 N–H and O–H groups in total. The number of nitrogens with zero attached hydrogens (tertiary/aromatic N) is 1. The first-order valence-electron chi connectivity index (χ1n) is 7.74. The van der Waals surface area contributed by atoms with E-state index in [9.17, 15) is 8.42 Å². The van der Waals surface area contributed by atoms with Crippen LogP contribution in [0.1, 0.15) is 38.3 Å². The number of nitrogens with one attached hydrogen (secondary N) is 1. The fourth-order valence-electron chi connectivity index (χ4n) is 3.55. The summed E-state index contributed by atoms with van der Waals surface area (Å²) in [6.07, 6.45) is 1.10. The molecule has 5 heteroatoms. The van der Waals surface area contributed by atoms with E-state index in [4.69, 9.17) is 0 Å². The molecule has 3 rings (SSSR count). The van der Waals surface area contributed by atoms with Gasteiger partial charge in [-0.15, -0.1) is 0 Å². The minimum absolute atomic E-state index is 0.0672. The maximum absolute atomic E-state index is 13.0. The van der Waals surface area contributed by atoms with Crippen molar-refractivity contribution in [3.63, 3.8) is 0 Å². The van der Waals surface area contributed by atoms with E-state index >= 15 is 0 Å². The molecule has 1 aromatic carbocycles. The van der Waals surface area contributed by atoms with Crippen LogP contribution in [0.2, 0.25) is 0 Å². The average Bonchev–Trinajstić information content (AvgIpc) is 2.89. The lowest BCUT2D eigenvalue weighted by molar-refractivity contribution is 0.157. The van der Waals surface area contributed by atoms with Gasteiger partial charge in [-0.25, -0.2) is 8.42 Å². The van der Waals surface area contributed by atoms with Crippen LogP contribution in [-0.2, 0) is 23.1 Å². The van der Waals surface area contributed by atoms with Crippen LogP contribution < -0.4 is 5.32 Å². The predicted octanol–water partition coefficient (Wildman–Crippen LogP) is 2.34. The van der Waals surface area contributed by atoms with Crippen LogP contribution in [0.4, 0.5) is 0 Å². The molecular formula is C16H24N2O2S. The van der Waals surface area contributed by atoms with Gasteiger partial charge in [0, 0.05) is 25.7 Å². The Labute approximate surface area is 127 Å². The summed E-state index contributed by atoms with van der Waals surface area (Å²) in [6.45, 7) is 8.55. The molecule has 0 aromatic heterocycles. The molecule has 0 aliphatic carbocycles. The molecule has 0 radical (unpaired) electrons. The van der Waals surface area contributed by atoms with Gasteiger partial charge < -0.3 is 5.32 Å². The number of hydrogen-bond donors (Lipinski definition) is 1. The molecule has 3 unspecified atom stereocenters. The number of benzene rings is 1. The zero-order valence-corrected chi connectivity index (χ0v) is 13.8. The number of fused-ring (bicyclic) bond motifs is 1. The molecule has 1 fully saturated rings. The molecule has 2 heterocycles. The van der Waals surface area contributed by atoms with Crippen molar-refractivity contribution in [2.45, 2.75) is 51.2 Å². The number of sulfonamides is 1. The Morgan fingerprint density at radius 1 is 1.14 bits per heavy atom. The molecule has 2 aliphatic rings. The van der Waals surface area contributed by atoms with Gasteiger partial charge in [-0.3, -0.25) is 0 Å². The molecule has 0 bridgehead atoms. The smallest absolute Gasteiger partial charge is 0.243 e. The van der Waals surface area contributed by atoms with Crippen LogP contribution >= 0.6 is 0 Å². The van der Waals surface area contributed by atoms with Crippen molar-refractivity contribution in [1.29, 1.82) is 0 Å². The monoisotopic (exact) mass is 308 g/mol. The fourth-order valence-corrected chi connectivity index (χ4v) is 5.45. The van der Waals surface area contributed by atoms with E-state index in [0.29, 0.717) is 23.3 Å². The van der Waals surface area contributed by atoms with Crippen LogP contribution in [-0.4, -0.2) is 25.3 Å². The van der Waals surface area contributed by atoms with Gasteiger partial charge in [0.15, 0.2) is 0 Å². The molecular weight excluding hydrogens is 284 g/mol. The highest BCUT2D eigenvalue weighted by molar-refractivity contribution is 7.89. The SMILES string of the molecule is CC1CC(C)C(C)N(S(=O)(=O)c2ccc3c(c2)CNC3)C1. The quantitative estimate of drug-likeness (QED) is 0.912. The van der Waals surface area contributed by atoms with Gasteiger partial charge in [0.25, 0.3) is 0 Å². The summed E-state index contributed by atoms with van der Waals surface area (Å²) in [7, 11) is -3.39. The maximum atomic E-state index is 13.0. The first-order chi connectivity index (χ1) is 9.89. The summed E-state index contributed by atoms with van der Waals surface area (Å²) in [5, 5.41) is 3.26. The summed E-state index contributed by atoms with van der Waals surface area (Å²) >= 11 is 0. The average molecular weight is 308 g/mol. The van der Waals surface area contributed by atoms with Gasteiger partial charge in [-0.2, -0.15) is 4.31 Å². The highest BCUT2D eigenvalue weighted by Crippen LogP contribution is 2.32. The third-order valence-electron chi connectivity index (χ3n) is 4.96. The van der Waals surface area contributed by atoms with Crippen LogP contribution in [0.15, 0.2) is 23.1 Å². The Morgan fingerprint density at radius 3 is 2.62 bits per heavy atom. The third kappa shape index (κ3) is 2.62. The molecule has 0 amide bonds. The van der Waals surface area contributed by atoms with E-state index in [1.165, 1.54) is 5.56 Å².